The van der Waals surface area contributed by atoms with Gasteiger partial charge in [-0.1, -0.05) is 12.1 Å². The number of carbonyl (C=O) groups excluding carboxylic acids is 2. The molecule has 0 radical (unpaired) electrons. The maximum atomic E-state index is 12.1. The van der Waals surface area contributed by atoms with Crippen molar-refractivity contribution in [3.05, 3.63) is 36.1 Å². The molecule has 0 aromatic heterocycles. The van der Waals surface area contributed by atoms with Gasteiger partial charge in [-0.15, -0.1) is 0 Å². The summed E-state index contributed by atoms with van der Waals surface area (Å²) in [6.45, 7) is 10.1. The fourth-order valence-electron chi connectivity index (χ4n) is 2.78. The molecule has 0 saturated carbocycles. The van der Waals surface area contributed by atoms with Gasteiger partial charge in [0.25, 0.3) is 0 Å². The van der Waals surface area contributed by atoms with Crippen molar-refractivity contribution >= 4 is 23.3 Å². The predicted molar refractivity (Wildman–Crippen MR) is 104 cm³/mol. The zero-order chi connectivity index (χ0) is 20.0. The lowest BCUT2D eigenvalue weighted by Crippen LogP contribution is -2.50. The van der Waals surface area contributed by atoms with Crippen LogP contribution in [0.2, 0.25) is 0 Å². The molecule has 1 amide bonds. The molecule has 148 valence electrons. The molecular formula is C20H28N2O5. The third-order valence-corrected chi connectivity index (χ3v) is 4.10. The van der Waals surface area contributed by atoms with Gasteiger partial charge >= 0.3 is 12.1 Å². The van der Waals surface area contributed by atoms with Crippen LogP contribution in [0.4, 0.5) is 10.5 Å². The molecule has 1 saturated heterocycles. The lowest BCUT2D eigenvalue weighted by molar-refractivity contribution is -0.136. The first kappa shape index (κ1) is 20.6. The molecule has 0 spiro atoms. The van der Waals surface area contributed by atoms with Gasteiger partial charge in [0.15, 0.2) is 0 Å². The summed E-state index contributed by atoms with van der Waals surface area (Å²) in [6, 6.07) is 7.32. The van der Waals surface area contributed by atoms with Gasteiger partial charge in [0.05, 0.1) is 12.9 Å². The Labute approximate surface area is 160 Å². The molecule has 0 bridgehead atoms. The zero-order valence-electron chi connectivity index (χ0n) is 16.4. The fourth-order valence-corrected chi connectivity index (χ4v) is 2.78. The summed E-state index contributed by atoms with van der Waals surface area (Å²) in [5, 5.41) is 9.33. The van der Waals surface area contributed by atoms with E-state index >= 15 is 0 Å². The van der Waals surface area contributed by atoms with Crippen molar-refractivity contribution in [2.24, 2.45) is 0 Å². The molecular weight excluding hydrogens is 348 g/mol. The van der Waals surface area contributed by atoms with E-state index in [1.807, 2.05) is 32.9 Å². The number of esters is 1. The van der Waals surface area contributed by atoms with Crippen LogP contribution < -0.4 is 4.90 Å². The molecule has 2 rings (SSSR count). The Hall–Kier alpha value is -2.70. The van der Waals surface area contributed by atoms with E-state index in [2.05, 4.69) is 4.90 Å². The number of hydrogen-bond acceptors (Lipinski definition) is 6. The summed E-state index contributed by atoms with van der Waals surface area (Å²) < 4.78 is 10.3. The largest absolute Gasteiger partial charge is 0.515 e. The average molecular weight is 376 g/mol. The molecule has 27 heavy (non-hydrogen) atoms. The van der Waals surface area contributed by atoms with E-state index in [0.717, 1.165) is 11.9 Å². The predicted octanol–water partition coefficient (Wildman–Crippen LogP) is 3.21. The van der Waals surface area contributed by atoms with Gasteiger partial charge in [-0.2, -0.15) is 0 Å². The van der Waals surface area contributed by atoms with Gasteiger partial charge in [0.1, 0.15) is 11.2 Å². The standard InChI is InChI=1S/C20H28N2O5/c1-5-26-18(24)17(14-23)15-6-8-16(9-7-15)21-10-12-22(13-11-21)19(25)27-20(2,3)4/h6-9,14,23H,5,10-13H2,1-4H3/b17-14-. The van der Waals surface area contributed by atoms with Gasteiger partial charge < -0.3 is 24.4 Å². The average Bonchev–Trinajstić information content (AvgIpc) is 2.62. The van der Waals surface area contributed by atoms with Crippen LogP contribution in [0.15, 0.2) is 30.5 Å². The number of aliphatic hydroxyl groups excluding tert-OH is 1. The second-order valence-corrected chi connectivity index (χ2v) is 7.26. The molecule has 1 aliphatic heterocycles. The summed E-state index contributed by atoms with van der Waals surface area (Å²) in [7, 11) is 0. The summed E-state index contributed by atoms with van der Waals surface area (Å²) in [4.78, 5) is 27.9. The lowest BCUT2D eigenvalue weighted by atomic mass is 10.1. The van der Waals surface area contributed by atoms with Crippen LogP contribution in [0.3, 0.4) is 0 Å². The maximum Gasteiger partial charge on any atom is 0.410 e. The van der Waals surface area contributed by atoms with E-state index in [1.54, 1.807) is 24.0 Å². The first-order chi connectivity index (χ1) is 12.7. The Bertz CT molecular complexity index is 683. The van der Waals surface area contributed by atoms with E-state index in [-0.39, 0.29) is 18.3 Å². The third kappa shape index (κ3) is 5.64. The van der Waals surface area contributed by atoms with Gasteiger partial charge in [-0.25, -0.2) is 9.59 Å². The molecule has 1 aromatic rings. The number of benzene rings is 1. The molecule has 0 atom stereocenters. The second-order valence-electron chi connectivity index (χ2n) is 7.26. The van der Waals surface area contributed by atoms with Crippen LogP contribution in [0.25, 0.3) is 5.57 Å². The van der Waals surface area contributed by atoms with Crippen LogP contribution in [0, 0.1) is 0 Å². The van der Waals surface area contributed by atoms with Crippen molar-refractivity contribution in [3.63, 3.8) is 0 Å². The maximum absolute atomic E-state index is 12.1. The number of piperazine rings is 1. The summed E-state index contributed by atoms with van der Waals surface area (Å²) >= 11 is 0. The number of rotatable bonds is 4. The van der Waals surface area contributed by atoms with Crippen molar-refractivity contribution in [2.45, 2.75) is 33.3 Å². The number of nitrogens with zero attached hydrogens (tertiary/aromatic N) is 2. The highest BCUT2D eigenvalue weighted by molar-refractivity contribution is 6.16. The highest BCUT2D eigenvalue weighted by atomic mass is 16.6. The molecule has 1 aliphatic rings. The normalized spacial score (nSPS) is 15.5. The molecule has 1 fully saturated rings. The lowest BCUT2D eigenvalue weighted by Gasteiger charge is -2.36. The Morgan fingerprint density at radius 3 is 2.19 bits per heavy atom. The first-order valence-corrected chi connectivity index (χ1v) is 9.10. The van der Waals surface area contributed by atoms with Crippen LogP contribution in [-0.2, 0) is 14.3 Å². The number of anilines is 1. The van der Waals surface area contributed by atoms with E-state index in [0.29, 0.717) is 31.7 Å². The van der Waals surface area contributed by atoms with Crippen LogP contribution in [0.5, 0.6) is 0 Å². The van der Waals surface area contributed by atoms with E-state index < -0.39 is 11.6 Å². The summed E-state index contributed by atoms with van der Waals surface area (Å²) in [6.07, 6.45) is 0.483. The van der Waals surface area contributed by atoms with Crippen LogP contribution in [-0.4, -0.2) is 60.5 Å². The van der Waals surface area contributed by atoms with Crippen molar-refractivity contribution < 1.29 is 24.2 Å². The SMILES string of the molecule is CCOC(=O)/C(=C\O)c1ccc(N2CCN(C(=O)OC(C)(C)C)CC2)cc1. The Balaban J connectivity index is 1.97. The number of aliphatic hydroxyl groups is 1. The molecule has 7 heteroatoms. The molecule has 0 unspecified atom stereocenters. The second kappa shape index (κ2) is 8.79. The van der Waals surface area contributed by atoms with Gasteiger partial charge in [0, 0.05) is 31.9 Å². The number of amides is 1. The van der Waals surface area contributed by atoms with Gasteiger partial charge in [0.2, 0.25) is 0 Å². The molecule has 1 N–H and O–H groups in total. The van der Waals surface area contributed by atoms with Crippen LogP contribution >= 0.6 is 0 Å². The van der Waals surface area contributed by atoms with Crippen molar-refractivity contribution in [1.82, 2.24) is 4.90 Å². The third-order valence-electron chi connectivity index (χ3n) is 4.10. The van der Waals surface area contributed by atoms with Gasteiger partial charge in [-0.3, -0.25) is 0 Å². The number of carbonyl (C=O) groups is 2. The first-order valence-electron chi connectivity index (χ1n) is 9.10. The highest BCUT2D eigenvalue weighted by Crippen LogP contribution is 2.22. The quantitative estimate of drug-likeness (QED) is 0.494. The minimum Gasteiger partial charge on any atom is -0.515 e. The topological polar surface area (TPSA) is 79.3 Å². The molecule has 1 aromatic carbocycles. The fraction of sp³-hybridized carbons (Fsp3) is 0.500. The molecule has 7 nitrogen and oxygen atoms in total. The van der Waals surface area contributed by atoms with Crippen molar-refractivity contribution in [2.75, 3.05) is 37.7 Å². The van der Waals surface area contributed by atoms with Gasteiger partial charge in [-0.05, 0) is 45.4 Å². The summed E-state index contributed by atoms with van der Waals surface area (Å²) in [5.41, 5.74) is 1.20. The molecule has 0 aliphatic carbocycles. The number of hydrogen-bond donors (Lipinski definition) is 1. The smallest absolute Gasteiger partial charge is 0.410 e. The van der Waals surface area contributed by atoms with E-state index in [4.69, 9.17) is 9.47 Å². The molecule has 1 heterocycles. The Morgan fingerprint density at radius 2 is 1.70 bits per heavy atom. The zero-order valence-corrected chi connectivity index (χ0v) is 16.4. The van der Waals surface area contributed by atoms with Crippen molar-refractivity contribution in [1.29, 1.82) is 0 Å². The minimum absolute atomic E-state index is 0.123. The summed E-state index contributed by atoms with van der Waals surface area (Å²) in [5.74, 6) is -0.557. The monoisotopic (exact) mass is 376 g/mol. The minimum atomic E-state index is -0.557. The number of ether oxygens (including phenoxy) is 2. The van der Waals surface area contributed by atoms with Crippen LogP contribution in [0.1, 0.15) is 33.3 Å². The van der Waals surface area contributed by atoms with E-state index in [1.165, 1.54) is 0 Å². The van der Waals surface area contributed by atoms with E-state index in [9.17, 15) is 14.7 Å². The van der Waals surface area contributed by atoms with Crippen molar-refractivity contribution in [3.8, 4) is 0 Å². The Kier molecular flexibility index (Phi) is 6.71. The Morgan fingerprint density at radius 1 is 1.11 bits per heavy atom. The highest BCUT2D eigenvalue weighted by Gasteiger charge is 2.26.